The second-order valence-electron chi connectivity index (χ2n) is 5.32. The predicted molar refractivity (Wildman–Crippen MR) is 104 cm³/mol. The maximum Gasteiger partial charge on any atom is 0.294 e. The zero-order valence-corrected chi connectivity index (χ0v) is 15.6. The Morgan fingerprint density at radius 1 is 1.04 bits per heavy atom. The fourth-order valence-corrected chi connectivity index (χ4v) is 3.61. The van der Waals surface area contributed by atoms with Gasteiger partial charge in [0.15, 0.2) is 0 Å². The number of imide groups is 1. The van der Waals surface area contributed by atoms with E-state index in [1.807, 2.05) is 6.07 Å². The molecule has 1 saturated heterocycles. The molecule has 0 unspecified atom stereocenters. The fourth-order valence-electron chi connectivity index (χ4n) is 2.28. The Labute approximate surface area is 164 Å². The lowest BCUT2D eigenvalue weighted by molar-refractivity contribution is -0.127. The van der Waals surface area contributed by atoms with Gasteiger partial charge in [-0.25, -0.2) is 0 Å². The van der Waals surface area contributed by atoms with E-state index in [9.17, 15) is 14.4 Å². The van der Waals surface area contributed by atoms with Crippen molar-refractivity contribution < 1.29 is 14.4 Å². The number of nitrogens with one attached hydrogen (secondary N) is 1. The number of carbonyl (C=O) groups is 3. The van der Waals surface area contributed by atoms with Crippen LogP contribution in [0, 0.1) is 0 Å². The highest BCUT2D eigenvalue weighted by atomic mass is 35.5. The summed E-state index contributed by atoms with van der Waals surface area (Å²) in [4.78, 5) is 37.8. The zero-order chi connectivity index (χ0) is 18.7. The van der Waals surface area contributed by atoms with Gasteiger partial charge in [0.2, 0.25) is 5.91 Å². The molecule has 1 aliphatic heterocycles. The van der Waals surface area contributed by atoms with E-state index in [2.05, 4.69) is 5.32 Å². The minimum Gasteiger partial charge on any atom is -0.325 e. The molecule has 2 aromatic carbocycles. The van der Waals surface area contributed by atoms with Crippen molar-refractivity contribution >= 4 is 63.8 Å². The lowest BCUT2D eigenvalue weighted by atomic mass is 10.2. The number of para-hydroxylation sites is 1. The first-order chi connectivity index (χ1) is 12.5. The molecule has 26 heavy (non-hydrogen) atoms. The van der Waals surface area contributed by atoms with Crippen LogP contribution in [0.4, 0.5) is 10.5 Å². The highest BCUT2D eigenvalue weighted by Crippen LogP contribution is 2.35. The molecule has 0 saturated carbocycles. The van der Waals surface area contributed by atoms with Crippen LogP contribution in [0.1, 0.15) is 5.56 Å². The lowest BCUT2D eigenvalue weighted by Crippen LogP contribution is -2.36. The van der Waals surface area contributed by atoms with Gasteiger partial charge in [-0.2, -0.15) is 0 Å². The molecule has 0 atom stereocenters. The van der Waals surface area contributed by atoms with Crippen LogP contribution < -0.4 is 5.32 Å². The Morgan fingerprint density at radius 2 is 1.69 bits per heavy atom. The van der Waals surface area contributed by atoms with Crippen LogP contribution in [0.15, 0.2) is 53.4 Å². The average molecular weight is 407 g/mol. The molecule has 1 heterocycles. The molecule has 1 fully saturated rings. The molecule has 0 bridgehead atoms. The van der Waals surface area contributed by atoms with Gasteiger partial charge >= 0.3 is 0 Å². The van der Waals surface area contributed by atoms with Gasteiger partial charge < -0.3 is 5.32 Å². The van der Waals surface area contributed by atoms with Crippen molar-refractivity contribution in [2.45, 2.75) is 0 Å². The Kier molecular flexibility index (Phi) is 5.66. The Morgan fingerprint density at radius 3 is 2.35 bits per heavy atom. The molecule has 2 aromatic rings. The summed E-state index contributed by atoms with van der Waals surface area (Å²) in [6.07, 6.45) is 1.46. The SMILES string of the molecule is O=C(CN1C(=O)S/C(=C/c2c(Cl)cccc2Cl)C1=O)Nc1ccccc1. The van der Waals surface area contributed by atoms with E-state index >= 15 is 0 Å². The van der Waals surface area contributed by atoms with Crippen LogP contribution in [0.5, 0.6) is 0 Å². The molecule has 0 aromatic heterocycles. The van der Waals surface area contributed by atoms with Gasteiger partial charge in [0, 0.05) is 21.3 Å². The molecule has 5 nitrogen and oxygen atoms in total. The number of thioether (sulfide) groups is 1. The maximum atomic E-state index is 12.5. The van der Waals surface area contributed by atoms with Crippen LogP contribution in [0.3, 0.4) is 0 Å². The van der Waals surface area contributed by atoms with E-state index < -0.39 is 17.1 Å². The van der Waals surface area contributed by atoms with Gasteiger partial charge in [-0.3, -0.25) is 19.3 Å². The quantitative estimate of drug-likeness (QED) is 0.749. The minimum atomic E-state index is -0.556. The smallest absolute Gasteiger partial charge is 0.294 e. The number of hydrogen-bond acceptors (Lipinski definition) is 4. The van der Waals surface area contributed by atoms with E-state index in [0.29, 0.717) is 21.3 Å². The van der Waals surface area contributed by atoms with Crippen LogP contribution in [0.25, 0.3) is 6.08 Å². The molecular weight excluding hydrogens is 395 g/mol. The highest BCUT2D eigenvalue weighted by Gasteiger charge is 2.36. The maximum absolute atomic E-state index is 12.5. The first-order valence-electron chi connectivity index (χ1n) is 7.50. The molecule has 8 heteroatoms. The topological polar surface area (TPSA) is 66.5 Å². The Hall–Kier alpha value is -2.28. The second-order valence-corrected chi connectivity index (χ2v) is 7.12. The number of benzene rings is 2. The van der Waals surface area contributed by atoms with Crippen molar-refractivity contribution in [1.82, 2.24) is 4.90 Å². The average Bonchev–Trinajstić information content (AvgIpc) is 2.86. The summed E-state index contributed by atoms with van der Waals surface area (Å²) < 4.78 is 0. The van der Waals surface area contributed by atoms with E-state index in [1.165, 1.54) is 6.08 Å². The van der Waals surface area contributed by atoms with Gasteiger partial charge in [-0.1, -0.05) is 47.5 Å². The summed E-state index contributed by atoms with van der Waals surface area (Å²) in [5, 5.41) is 2.85. The molecule has 0 spiro atoms. The predicted octanol–water partition coefficient (Wildman–Crippen LogP) is 4.67. The molecule has 0 aliphatic carbocycles. The number of hydrogen-bond donors (Lipinski definition) is 1. The van der Waals surface area contributed by atoms with Gasteiger partial charge in [0.05, 0.1) is 4.91 Å². The number of anilines is 1. The number of rotatable bonds is 4. The van der Waals surface area contributed by atoms with E-state index in [-0.39, 0.29) is 11.4 Å². The van der Waals surface area contributed by atoms with Crippen LogP contribution >= 0.6 is 35.0 Å². The molecule has 3 rings (SSSR count). The van der Waals surface area contributed by atoms with Crippen molar-refractivity contribution in [3.63, 3.8) is 0 Å². The normalized spacial score (nSPS) is 15.6. The van der Waals surface area contributed by atoms with Crippen LogP contribution in [-0.4, -0.2) is 28.5 Å². The van der Waals surface area contributed by atoms with Crippen molar-refractivity contribution in [2.24, 2.45) is 0 Å². The summed E-state index contributed by atoms with van der Waals surface area (Å²) in [5.41, 5.74) is 1.04. The molecule has 132 valence electrons. The third kappa shape index (κ3) is 4.09. The first kappa shape index (κ1) is 18.5. The number of halogens is 2. The molecular formula is C18H12Cl2N2O3S. The third-order valence-electron chi connectivity index (χ3n) is 3.51. The largest absolute Gasteiger partial charge is 0.325 e. The molecule has 1 N–H and O–H groups in total. The number of amides is 3. The van der Waals surface area contributed by atoms with Gasteiger partial charge in [0.1, 0.15) is 6.54 Å². The monoisotopic (exact) mass is 406 g/mol. The first-order valence-corrected chi connectivity index (χ1v) is 9.07. The van der Waals surface area contributed by atoms with Crippen molar-refractivity contribution in [1.29, 1.82) is 0 Å². The van der Waals surface area contributed by atoms with E-state index in [0.717, 1.165) is 16.7 Å². The molecule has 3 amide bonds. The van der Waals surface area contributed by atoms with Crippen LogP contribution in [-0.2, 0) is 9.59 Å². The summed E-state index contributed by atoms with van der Waals surface area (Å²) in [6.45, 7) is -0.368. The second kappa shape index (κ2) is 7.95. The number of carbonyl (C=O) groups excluding carboxylic acids is 3. The Balaban J connectivity index is 1.75. The summed E-state index contributed by atoms with van der Waals surface area (Å²) in [7, 11) is 0. The lowest BCUT2D eigenvalue weighted by Gasteiger charge is -2.12. The van der Waals surface area contributed by atoms with Gasteiger partial charge in [-0.05, 0) is 42.1 Å². The third-order valence-corrected chi connectivity index (χ3v) is 5.07. The van der Waals surface area contributed by atoms with Gasteiger partial charge in [-0.15, -0.1) is 0 Å². The summed E-state index contributed by atoms with van der Waals surface area (Å²) >= 11 is 12.9. The number of nitrogens with zero attached hydrogens (tertiary/aromatic N) is 1. The van der Waals surface area contributed by atoms with Gasteiger partial charge in [0.25, 0.3) is 11.1 Å². The zero-order valence-electron chi connectivity index (χ0n) is 13.2. The van der Waals surface area contributed by atoms with Crippen molar-refractivity contribution in [3.8, 4) is 0 Å². The fraction of sp³-hybridized carbons (Fsp3) is 0.0556. The van der Waals surface area contributed by atoms with E-state index in [1.54, 1.807) is 42.5 Å². The molecule has 1 aliphatic rings. The standard InChI is InChI=1S/C18H12Cl2N2O3S/c19-13-7-4-8-14(20)12(13)9-15-17(24)22(18(25)26-15)10-16(23)21-11-5-2-1-3-6-11/h1-9H,10H2,(H,21,23)/b15-9+. The van der Waals surface area contributed by atoms with Crippen LogP contribution in [0.2, 0.25) is 10.0 Å². The van der Waals surface area contributed by atoms with E-state index in [4.69, 9.17) is 23.2 Å². The molecule has 0 radical (unpaired) electrons. The highest BCUT2D eigenvalue weighted by molar-refractivity contribution is 8.18. The Bertz CT molecular complexity index is 896. The minimum absolute atomic E-state index is 0.164. The summed E-state index contributed by atoms with van der Waals surface area (Å²) in [6, 6.07) is 13.7. The summed E-state index contributed by atoms with van der Waals surface area (Å²) in [5.74, 6) is -1.02. The van der Waals surface area contributed by atoms with Crippen molar-refractivity contribution in [3.05, 3.63) is 69.0 Å². The van der Waals surface area contributed by atoms with Crippen molar-refractivity contribution in [2.75, 3.05) is 11.9 Å².